The van der Waals surface area contributed by atoms with E-state index in [1.54, 1.807) is 30.3 Å². The predicted molar refractivity (Wildman–Crippen MR) is 81.6 cm³/mol. The Morgan fingerprint density at radius 3 is 2.71 bits per heavy atom. The van der Waals surface area contributed by atoms with Crippen molar-refractivity contribution in [2.24, 2.45) is 0 Å². The lowest BCUT2D eigenvalue weighted by Crippen LogP contribution is -2.30. The van der Waals surface area contributed by atoms with Crippen LogP contribution in [0.1, 0.15) is 24.2 Å². The molecule has 0 aliphatic heterocycles. The van der Waals surface area contributed by atoms with E-state index in [1.807, 2.05) is 19.9 Å². The van der Waals surface area contributed by atoms with Crippen LogP contribution in [0.3, 0.4) is 0 Å². The zero-order valence-corrected chi connectivity index (χ0v) is 11.8. The van der Waals surface area contributed by atoms with Crippen LogP contribution >= 0.6 is 0 Å². The molecule has 106 valence electrons. The molecule has 1 N–H and O–H groups in total. The molecule has 0 aliphatic rings. The van der Waals surface area contributed by atoms with E-state index >= 15 is 0 Å². The lowest BCUT2D eigenvalue weighted by molar-refractivity contribution is 0.0942. The number of carbonyl (C=O) groups excluding carboxylic acids is 1. The summed E-state index contributed by atoms with van der Waals surface area (Å²) < 4.78 is 1.41. The molecule has 3 aromatic rings. The molecular weight excluding hydrogens is 266 g/mol. The van der Waals surface area contributed by atoms with Crippen molar-refractivity contribution in [3.05, 3.63) is 58.5 Å². The third-order valence-electron chi connectivity index (χ3n) is 3.20. The molecule has 0 fully saturated rings. The summed E-state index contributed by atoms with van der Waals surface area (Å²) in [6, 6.07) is 10.6. The fourth-order valence-corrected chi connectivity index (χ4v) is 2.23. The quantitative estimate of drug-likeness (QED) is 0.731. The standard InChI is InChI=1S/C16H15N3O2/c1-10(2)17-15(20)11-7-8-14-18-13-6-4-3-5-12(13)16(21)19(14)9-11/h3-10H,1-2H3,(H,17,20). The number of aromatic nitrogens is 2. The Hall–Kier alpha value is -2.69. The van der Waals surface area contributed by atoms with E-state index in [9.17, 15) is 9.59 Å². The van der Waals surface area contributed by atoms with Crippen LogP contribution in [-0.4, -0.2) is 21.3 Å². The summed E-state index contributed by atoms with van der Waals surface area (Å²) in [6.07, 6.45) is 1.54. The van der Waals surface area contributed by atoms with Gasteiger partial charge in [-0.1, -0.05) is 12.1 Å². The van der Waals surface area contributed by atoms with Gasteiger partial charge >= 0.3 is 0 Å². The first kappa shape index (κ1) is 13.3. The fourth-order valence-electron chi connectivity index (χ4n) is 2.23. The van der Waals surface area contributed by atoms with Gasteiger partial charge in [-0.15, -0.1) is 0 Å². The number of nitrogens with zero attached hydrogens (tertiary/aromatic N) is 2. The van der Waals surface area contributed by atoms with Crippen molar-refractivity contribution in [2.45, 2.75) is 19.9 Å². The maximum atomic E-state index is 12.5. The molecule has 0 spiro atoms. The number of hydrogen-bond donors (Lipinski definition) is 1. The van der Waals surface area contributed by atoms with Gasteiger partial charge in [-0.25, -0.2) is 4.98 Å². The summed E-state index contributed by atoms with van der Waals surface area (Å²) in [6.45, 7) is 3.78. The molecule has 2 aromatic heterocycles. The van der Waals surface area contributed by atoms with Gasteiger partial charge in [0.05, 0.1) is 16.5 Å². The van der Waals surface area contributed by atoms with Crippen molar-refractivity contribution in [3.8, 4) is 0 Å². The third-order valence-corrected chi connectivity index (χ3v) is 3.20. The van der Waals surface area contributed by atoms with Crippen molar-refractivity contribution in [3.63, 3.8) is 0 Å². The van der Waals surface area contributed by atoms with Crippen molar-refractivity contribution < 1.29 is 4.79 Å². The number of fused-ring (bicyclic) bond motifs is 2. The minimum atomic E-state index is -0.202. The predicted octanol–water partition coefficient (Wildman–Crippen LogP) is 1.99. The zero-order chi connectivity index (χ0) is 15.0. The highest BCUT2D eigenvalue weighted by atomic mass is 16.2. The summed E-state index contributed by atoms with van der Waals surface area (Å²) >= 11 is 0. The van der Waals surface area contributed by atoms with Crippen LogP contribution in [0, 0.1) is 0 Å². The number of amides is 1. The zero-order valence-electron chi connectivity index (χ0n) is 11.8. The monoisotopic (exact) mass is 281 g/mol. The van der Waals surface area contributed by atoms with Gasteiger partial charge in [-0.2, -0.15) is 0 Å². The van der Waals surface area contributed by atoms with Gasteiger partial charge in [0.1, 0.15) is 5.65 Å². The summed E-state index contributed by atoms with van der Waals surface area (Å²) in [7, 11) is 0. The van der Waals surface area contributed by atoms with Crippen LogP contribution in [0.2, 0.25) is 0 Å². The van der Waals surface area contributed by atoms with E-state index in [0.717, 1.165) is 0 Å². The first-order valence-electron chi connectivity index (χ1n) is 6.78. The van der Waals surface area contributed by atoms with Crippen molar-refractivity contribution in [1.82, 2.24) is 14.7 Å². The fraction of sp³-hybridized carbons (Fsp3) is 0.188. The Bertz CT molecular complexity index is 897. The van der Waals surface area contributed by atoms with Crippen LogP contribution in [0.15, 0.2) is 47.4 Å². The topological polar surface area (TPSA) is 63.5 Å². The molecule has 5 heteroatoms. The summed E-state index contributed by atoms with van der Waals surface area (Å²) in [5, 5.41) is 3.34. The van der Waals surface area contributed by atoms with E-state index in [-0.39, 0.29) is 17.5 Å². The minimum absolute atomic E-state index is 0.0413. The van der Waals surface area contributed by atoms with Crippen molar-refractivity contribution >= 4 is 22.5 Å². The van der Waals surface area contributed by atoms with Gasteiger partial charge < -0.3 is 5.32 Å². The smallest absolute Gasteiger partial charge is 0.265 e. The average molecular weight is 281 g/mol. The number of para-hydroxylation sites is 1. The van der Waals surface area contributed by atoms with Crippen LogP contribution in [0.4, 0.5) is 0 Å². The van der Waals surface area contributed by atoms with Gasteiger partial charge in [-0.05, 0) is 38.1 Å². The largest absolute Gasteiger partial charge is 0.350 e. The highest BCUT2D eigenvalue weighted by Crippen LogP contribution is 2.10. The highest BCUT2D eigenvalue weighted by Gasteiger charge is 2.10. The van der Waals surface area contributed by atoms with E-state index in [0.29, 0.717) is 22.1 Å². The molecule has 2 heterocycles. The van der Waals surface area contributed by atoms with Crippen LogP contribution in [0.25, 0.3) is 16.6 Å². The van der Waals surface area contributed by atoms with Crippen LogP contribution in [-0.2, 0) is 0 Å². The summed E-state index contributed by atoms with van der Waals surface area (Å²) in [4.78, 5) is 28.9. The minimum Gasteiger partial charge on any atom is -0.350 e. The molecule has 5 nitrogen and oxygen atoms in total. The first-order chi connectivity index (χ1) is 10.1. The van der Waals surface area contributed by atoms with Gasteiger partial charge in [0.2, 0.25) is 0 Å². The van der Waals surface area contributed by atoms with Gasteiger partial charge in [0.25, 0.3) is 11.5 Å². The molecule has 0 radical (unpaired) electrons. The van der Waals surface area contributed by atoms with E-state index < -0.39 is 0 Å². The number of carbonyl (C=O) groups is 1. The molecule has 0 saturated carbocycles. The van der Waals surface area contributed by atoms with E-state index in [1.165, 1.54) is 10.6 Å². The van der Waals surface area contributed by atoms with E-state index in [2.05, 4.69) is 10.3 Å². The van der Waals surface area contributed by atoms with Gasteiger partial charge in [0, 0.05) is 12.2 Å². The Balaban J connectivity index is 2.21. The molecule has 3 rings (SSSR count). The first-order valence-corrected chi connectivity index (χ1v) is 6.78. The molecule has 0 unspecified atom stereocenters. The van der Waals surface area contributed by atoms with Crippen molar-refractivity contribution in [2.75, 3.05) is 0 Å². The van der Waals surface area contributed by atoms with Crippen molar-refractivity contribution in [1.29, 1.82) is 0 Å². The van der Waals surface area contributed by atoms with Crippen LogP contribution in [0.5, 0.6) is 0 Å². The second kappa shape index (κ2) is 5.01. The Labute approximate surface area is 121 Å². The molecule has 1 aromatic carbocycles. The summed E-state index contributed by atoms with van der Waals surface area (Å²) in [5.41, 5.74) is 1.45. The average Bonchev–Trinajstić information content (AvgIpc) is 2.46. The molecular formula is C16H15N3O2. The maximum Gasteiger partial charge on any atom is 0.265 e. The van der Waals surface area contributed by atoms with E-state index in [4.69, 9.17) is 0 Å². The lowest BCUT2D eigenvalue weighted by Gasteiger charge is -2.09. The van der Waals surface area contributed by atoms with Crippen LogP contribution < -0.4 is 10.9 Å². The molecule has 21 heavy (non-hydrogen) atoms. The molecule has 0 bridgehead atoms. The number of pyridine rings is 1. The van der Waals surface area contributed by atoms with Gasteiger partial charge in [0.15, 0.2) is 0 Å². The third kappa shape index (κ3) is 2.38. The number of rotatable bonds is 2. The number of nitrogens with one attached hydrogen (secondary N) is 1. The Morgan fingerprint density at radius 2 is 1.95 bits per heavy atom. The Kier molecular flexibility index (Phi) is 3.17. The molecule has 1 amide bonds. The second-order valence-electron chi connectivity index (χ2n) is 5.21. The summed E-state index contributed by atoms with van der Waals surface area (Å²) in [5.74, 6) is -0.202. The highest BCUT2D eigenvalue weighted by molar-refractivity contribution is 5.94. The Morgan fingerprint density at radius 1 is 1.19 bits per heavy atom. The van der Waals surface area contributed by atoms with Gasteiger partial charge in [-0.3, -0.25) is 14.0 Å². The molecule has 0 saturated heterocycles. The second-order valence-corrected chi connectivity index (χ2v) is 5.21. The lowest BCUT2D eigenvalue weighted by atomic mass is 10.2. The SMILES string of the molecule is CC(C)NC(=O)c1ccc2nc3ccccc3c(=O)n2c1. The molecule has 0 atom stereocenters. The number of benzene rings is 1. The number of hydrogen-bond acceptors (Lipinski definition) is 3. The molecule has 0 aliphatic carbocycles. The normalized spacial score (nSPS) is 11.2. The maximum absolute atomic E-state index is 12.5.